The van der Waals surface area contributed by atoms with Gasteiger partial charge >= 0.3 is 5.97 Å². The van der Waals surface area contributed by atoms with Crippen molar-refractivity contribution in [2.24, 2.45) is 0 Å². The number of halogens is 1. The SMILES string of the molecule is C=C(C)C(=O)OC1(C)CCc2cc(F)ccc21. The fourth-order valence-corrected chi connectivity index (χ4v) is 2.19. The second kappa shape index (κ2) is 3.99. The van der Waals surface area contributed by atoms with Gasteiger partial charge in [0.25, 0.3) is 0 Å². The third kappa shape index (κ3) is 2.09. The summed E-state index contributed by atoms with van der Waals surface area (Å²) in [5.41, 5.74) is 1.54. The summed E-state index contributed by atoms with van der Waals surface area (Å²) in [7, 11) is 0. The van der Waals surface area contributed by atoms with E-state index in [4.69, 9.17) is 4.74 Å². The minimum absolute atomic E-state index is 0.251. The average Bonchev–Trinajstić information content (AvgIpc) is 2.55. The Labute approximate surface area is 100 Å². The van der Waals surface area contributed by atoms with Crippen molar-refractivity contribution in [3.8, 4) is 0 Å². The van der Waals surface area contributed by atoms with Crippen molar-refractivity contribution in [2.75, 3.05) is 0 Å². The lowest BCUT2D eigenvalue weighted by Crippen LogP contribution is -2.26. The van der Waals surface area contributed by atoms with Crippen LogP contribution in [-0.2, 0) is 21.6 Å². The monoisotopic (exact) mass is 234 g/mol. The van der Waals surface area contributed by atoms with E-state index in [1.54, 1.807) is 13.0 Å². The highest BCUT2D eigenvalue weighted by Gasteiger charge is 2.38. The Kier molecular flexibility index (Phi) is 2.77. The van der Waals surface area contributed by atoms with Crippen LogP contribution >= 0.6 is 0 Å². The van der Waals surface area contributed by atoms with Crippen molar-refractivity contribution in [3.63, 3.8) is 0 Å². The summed E-state index contributed by atoms with van der Waals surface area (Å²) < 4.78 is 18.5. The molecule has 1 aromatic carbocycles. The maximum Gasteiger partial charge on any atom is 0.333 e. The Morgan fingerprint density at radius 1 is 1.53 bits per heavy atom. The predicted molar refractivity (Wildman–Crippen MR) is 63.0 cm³/mol. The van der Waals surface area contributed by atoms with E-state index >= 15 is 0 Å². The van der Waals surface area contributed by atoms with Crippen molar-refractivity contribution >= 4 is 5.97 Å². The number of fused-ring (bicyclic) bond motifs is 1. The summed E-state index contributed by atoms with van der Waals surface area (Å²) in [6, 6.07) is 4.61. The van der Waals surface area contributed by atoms with Gasteiger partial charge in [-0.05, 0) is 49.9 Å². The topological polar surface area (TPSA) is 26.3 Å². The van der Waals surface area contributed by atoms with Gasteiger partial charge in [0, 0.05) is 5.57 Å². The van der Waals surface area contributed by atoms with Gasteiger partial charge in [0.1, 0.15) is 11.4 Å². The molecule has 1 aromatic rings. The largest absolute Gasteiger partial charge is 0.451 e. The number of carbonyl (C=O) groups excluding carboxylic acids is 1. The molecule has 0 aliphatic heterocycles. The van der Waals surface area contributed by atoms with Gasteiger partial charge in [0.15, 0.2) is 0 Å². The quantitative estimate of drug-likeness (QED) is 0.580. The Balaban J connectivity index is 2.31. The summed E-state index contributed by atoms with van der Waals surface area (Å²) in [5, 5.41) is 0. The Hall–Kier alpha value is -1.64. The molecule has 0 bridgehead atoms. The fourth-order valence-electron chi connectivity index (χ4n) is 2.19. The van der Waals surface area contributed by atoms with Crippen LogP contribution in [0.2, 0.25) is 0 Å². The zero-order valence-electron chi connectivity index (χ0n) is 10.0. The first-order chi connectivity index (χ1) is 7.92. The summed E-state index contributed by atoms with van der Waals surface area (Å²) in [6.45, 7) is 7.04. The van der Waals surface area contributed by atoms with Crippen molar-refractivity contribution in [2.45, 2.75) is 32.3 Å². The molecule has 17 heavy (non-hydrogen) atoms. The molecule has 0 saturated carbocycles. The highest BCUT2D eigenvalue weighted by atomic mass is 19.1. The molecule has 0 fully saturated rings. The van der Waals surface area contributed by atoms with Gasteiger partial charge in [-0.3, -0.25) is 0 Å². The van der Waals surface area contributed by atoms with E-state index in [1.165, 1.54) is 12.1 Å². The Bertz CT molecular complexity index is 493. The van der Waals surface area contributed by atoms with E-state index in [2.05, 4.69) is 6.58 Å². The molecule has 0 amide bonds. The van der Waals surface area contributed by atoms with Crippen LogP contribution in [-0.4, -0.2) is 5.97 Å². The Morgan fingerprint density at radius 3 is 2.88 bits per heavy atom. The highest BCUT2D eigenvalue weighted by molar-refractivity contribution is 5.87. The molecule has 2 rings (SSSR count). The van der Waals surface area contributed by atoms with Crippen molar-refractivity contribution in [1.82, 2.24) is 0 Å². The van der Waals surface area contributed by atoms with Crippen LogP contribution in [0.5, 0.6) is 0 Å². The Morgan fingerprint density at radius 2 is 2.24 bits per heavy atom. The van der Waals surface area contributed by atoms with Crippen LogP contribution in [0.1, 0.15) is 31.4 Å². The minimum atomic E-state index is -0.654. The molecule has 3 heteroatoms. The molecule has 0 radical (unpaired) electrons. The highest BCUT2D eigenvalue weighted by Crippen LogP contribution is 2.40. The van der Waals surface area contributed by atoms with E-state index in [9.17, 15) is 9.18 Å². The maximum atomic E-state index is 13.1. The third-order valence-corrected chi connectivity index (χ3v) is 3.17. The van der Waals surface area contributed by atoms with Crippen LogP contribution in [0.25, 0.3) is 0 Å². The zero-order valence-corrected chi connectivity index (χ0v) is 10.0. The first kappa shape index (κ1) is 11.8. The molecule has 1 aliphatic rings. The molecule has 90 valence electrons. The molecule has 0 heterocycles. The van der Waals surface area contributed by atoms with Gasteiger partial charge in [0.2, 0.25) is 0 Å². The molecule has 0 saturated heterocycles. The summed E-state index contributed by atoms with van der Waals surface area (Å²) in [6.07, 6.45) is 1.41. The summed E-state index contributed by atoms with van der Waals surface area (Å²) in [4.78, 5) is 11.6. The first-order valence-corrected chi connectivity index (χ1v) is 5.60. The van der Waals surface area contributed by atoms with Crippen LogP contribution in [0.4, 0.5) is 4.39 Å². The van der Waals surface area contributed by atoms with E-state index in [0.29, 0.717) is 12.0 Å². The molecule has 1 unspecified atom stereocenters. The molecule has 0 aromatic heterocycles. The molecule has 0 spiro atoms. The normalized spacial score (nSPS) is 22.1. The van der Waals surface area contributed by atoms with Gasteiger partial charge < -0.3 is 4.74 Å². The van der Waals surface area contributed by atoms with Gasteiger partial charge in [0.05, 0.1) is 0 Å². The summed E-state index contributed by atoms with van der Waals surface area (Å²) in [5.74, 6) is -0.649. The lowest BCUT2D eigenvalue weighted by molar-refractivity contribution is -0.154. The van der Waals surface area contributed by atoms with E-state index in [-0.39, 0.29) is 5.82 Å². The van der Waals surface area contributed by atoms with E-state index < -0.39 is 11.6 Å². The number of ether oxygens (including phenoxy) is 1. The van der Waals surface area contributed by atoms with Gasteiger partial charge in [-0.15, -0.1) is 0 Å². The standard InChI is InChI=1S/C14H15FO2/c1-9(2)13(16)17-14(3)7-6-10-8-11(15)4-5-12(10)14/h4-5,8H,1,6-7H2,2-3H3. The molecule has 2 nitrogen and oxygen atoms in total. The van der Waals surface area contributed by atoms with Crippen molar-refractivity contribution in [1.29, 1.82) is 0 Å². The predicted octanol–water partition coefficient (Wildman–Crippen LogP) is 3.11. The molecular formula is C14H15FO2. The number of rotatable bonds is 2. The number of esters is 1. The van der Waals surface area contributed by atoms with Crippen molar-refractivity contribution in [3.05, 3.63) is 47.3 Å². The average molecular weight is 234 g/mol. The number of hydrogen-bond donors (Lipinski definition) is 0. The van der Waals surface area contributed by atoms with Crippen LogP contribution in [0.3, 0.4) is 0 Å². The number of benzene rings is 1. The van der Waals surface area contributed by atoms with Gasteiger partial charge in [-0.25, -0.2) is 9.18 Å². The molecule has 1 aliphatic carbocycles. The molecular weight excluding hydrogens is 219 g/mol. The van der Waals surface area contributed by atoms with Gasteiger partial charge in [-0.1, -0.05) is 12.6 Å². The molecule has 1 atom stereocenters. The zero-order chi connectivity index (χ0) is 12.6. The van der Waals surface area contributed by atoms with E-state index in [0.717, 1.165) is 17.5 Å². The number of carbonyl (C=O) groups is 1. The maximum absolute atomic E-state index is 13.1. The fraction of sp³-hybridized carbons (Fsp3) is 0.357. The number of aryl methyl sites for hydroxylation is 1. The smallest absolute Gasteiger partial charge is 0.333 e. The van der Waals surface area contributed by atoms with Crippen LogP contribution in [0.15, 0.2) is 30.4 Å². The summed E-state index contributed by atoms with van der Waals surface area (Å²) >= 11 is 0. The first-order valence-electron chi connectivity index (χ1n) is 5.60. The lowest BCUT2D eigenvalue weighted by Gasteiger charge is -2.25. The third-order valence-electron chi connectivity index (χ3n) is 3.17. The number of hydrogen-bond acceptors (Lipinski definition) is 2. The molecule has 0 N–H and O–H groups in total. The van der Waals surface area contributed by atoms with Crippen molar-refractivity contribution < 1.29 is 13.9 Å². The van der Waals surface area contributed by atoms with E-state index in [1.807, 2.05) is 6.92 Å². The minimum Gasteiger partial charge on any atom is -0.451 e. The second-order valence-electron chi connectivity index (χ2n) is 4.70. The lowest BCUT2D eigenvalue weighted by atomic mass is 9.98. The van der Waals surface area contributed by atoms with Crippen LogP contribution < -0.4 is 0 Å². The van der Waals surface area contributed by atoms with Crippen LogP contribution in [0, 0.1) is 5.82 Å². The second-order valence-corrected chi connectivity index (χ2v) is 4.70. The van der Waals surface area contributed by atoms with Gasteiger partial charge in [-0.2, -0.15) is 0 Å².